The lowest BCUT2D eigenvalue weighted by Crippen LogP contribution is -2.34. The van der Waals surface area contributed by atoms with Crippen molar-refractivity contribution >= 4 is 15.7 Å². The van der Waals surface area contributed by atoms with E-state index in [9.17, 15) is 13.2 Å². The molecule has 110 valence electrons. The molecule has 0 saturated carbocycles. The number of hydrogen-bond donors (Lipinski definition) is 1. The third kappa shape index (κ3) is 3.37. The summed E-state index contributed by atoms with van der Waals surface area (Å²) in [6, 6.07) is 4.88. The maximum absolute atomic E-state index is 12.4. The topological polar surface area (TPSA) is 66.5 Å². The highest BCUT2D eigenvalue weighted by Crippen LogP contribution is 2.18. The Morgan fingerprint density at radius 3 is 2.70 bits per heavy atom. The van der Waals surface area contributed by atoms with Gasteiger partial charge in [-0.05, 0) is 37.6 Å². The molecule has 20 heavy (non-hydrogen) atoms. The van der Waals surface area contributed by atoms with Crippen molar-refractivity contribution in [3.8, 4) is 0 Å². The molecule has 0 aromatic heterocycles. The molecule has 0 radical (unpaired) electrons. The van der Waals surface area contributed by atoms with Crippen molar-refractivity contribution in [2.75, 3.05) is 32.4 Å². The van der Waals surface area contributed by atoms with E-state index in [1.165, 1.54) is 12.3 Å². The van der Waals surface area contributed by atoms with Crippen molar-refractivity contribution in [3.63, 3.8) is 0 Å². The fraction of sp³-hybridized carbons (Fsp3) is 0.500. The van der Waals surface area contributed by atoms with Crippen LogP contribution in [0.5, 0.6) is 0 Å². The third-order valence-corrected chi connectivity index (χ3v) is 4.70. The molecule has 0 spiro atoms. The summed E-state index contributed by atoms with van der Waals surface area (Å²) < 4.78 is 23.4. The Balaban J connectivity index is 2.30. The predicted molar refractivity (Wildman–Crippen MR) is 77.7 cm³/mol. The first kappa shape index (κ1) is 15.0. The number of nitrogens with one attached hydrogen (secondary N) is 1. The zero-order chi connectivity index (χ0) is 14.8. The predicted octanol–water partition coefficient (Wildman–Crippen LogP) is 0.834. The Labute approximate surface area is 119 Å². The van der Waals surface area contributed by atoms with Crippen LogP contribution in [-0.4, -0.2) is 51.7 Å². The summed E-state index contributed by atoms with van der Waals surface area (Å²) in [7, 11) is -3.31. The van der Waals surface area contributed by atoms with Crippen LogP contribution in [0.2, 0.25) is 0 Å². The minimum absolute atomic E-state index is 0.0985. The van der Waals surface area contributed by atoms with Gasteiger partial charge in [0, 0.05) is 31.5 Å². The van der Waals surface area contributed by atoms with Gasteiger partial charge in [-0.15, -0.1) is 0 Å². The first-order chi connectivity index (χ1) is 9.39. The normalized spacial score (nSPS) is 16.8. The van der Waals surface area contributed by atoms with Gasteiger partial charge in [-0.3, -0.25) is 4.79 Å². The maximum atomic E-state index is 12.4. The number of hydrogen-bond acceptors (Lipinski definition) is 4. The lowest BCUT2D eigenvalue weighted by Gasteiger charge is -2.20. The van der Waals surface area contributed by atoms with Gasteiger partial charge in [-0.25, -0.2) is 8.42 Å². The number of nitrogens with zero attached hydrogens (tertiary/aromatic N) is 1. The van der Waals surface area contributed by atoms with Crippen molar-refractivity contribution in [3.05, 3.63) is 29.3 Å². The molecular formula is C14H20N2O3S. The second-order valence-corrected chi connectivity index (χ2v) is 7.13. The van der Waals surface area contributed by atoms with Gasteiger partial charge in [0.15, 0.2) is 9.84 Å². The van der Waals surface area contributed by atoms with E-state index in [1.54, 1.807) is 24.0 Å². The second-order valence-electron chi connectivity index (χ2n) is 5.15. The van der Waals surface area contributed by atoms with E-state index in [2.05, 4.69) is 5.32 Å². The molecule has 6 heteroatoms. The number of sulfone groups is 1. The van der Waals surface area contributed by atoms with Gasteiger partial charge in [0.2, 0.25) is 0 Å². The van der Waals surface area contributed by atoms with E-state index in [1.807, 2.05) is 0 Å². The standard InChI is InChI=1S/C14H20N2O3S/c1-11-4-5-12(10-13(11)20(2,18)19)14(17)16-8-3-6-15-7-9-16/h4-5,10,15H,3,6-9H2,1-2H3. The molecule has 1 aliphatic heterocycles. The molecule has 1 aliphatic rings. The van der Waals surface area contributed by atoms with Crippen LogP contribution < -0.4 is 5.32 Å². The van der Waals surface area contributed by atoms with E-state index in [0.717, 1.165) is 19.5 Å². The summed E-state index contributed by atoms with van der Waals surface area (Å²) in [5, 5.41) is 3.24. The van der Waals surface area contributed by atoms with Crippen LogP contribution in [0.1, 0.15) is 22.3 Å². The lowest BCUT2D eigenvalue weighted by molar-refractivity contribution is 0.0766. The smallest absolute Gasteiger partial charge is 0.253 e. The molecule has 1 aromatic rings. The number of rotatable bonds is 2. The second kappa shape index (κ2) is 5.93. The molecular weight excluding hydrogens is 276 g/mol. The number of aryl methyl sites for hydroxylation is 1. The quantitative estimate of drug-likeness (QED) is 0.878. The Bertz CT molecular complexity index is 603. The molecule has 1 fully saturated rings. The first-order valence-corrected chi connectivity index (χ1v) is 8.59. The van der Waals surface area contributed by atoms with Gasteiger partial charge in [-0.1, -0.05) is 6.07 Å². The number of carbonyl (C=O) groups excluding carboxylic acids is 1. The van der Waals surface area contributed by atoms with Crippen molar-refractivity contribution in [2.45, 2.75) is 18.2 Å². The molecule has 0 aliphatic carbocycles. The van der Waals surface area contributed by atoms with Crippen LogP contribution in [0.4, 0.5) is 0 Å². The Morgan fingerprint density at radius 1 is 1.25 bits per heavy atom. The van der Waals surface area contributed by atoms with Crippen molar-refractivity contribution in [2.24, 2.45) is 0 Å². The number of carbonyl (C=O) groups is 1. The zero-order valence-corrected chi connectivity index (χ0v) is 12.7. The summed E-state index contributed by atoms with van der Waals surface area (Å²) in [4.78, 5) is 14.5. The molecule has 5 nitrogen and oxygen atoms in total. The molecule has 0 bridgehead atoms. The molecule has 1 saturated heterocycles. The van der Waals surface area contributed by atoms with Gasteiger partial charge < -0.3 is 10.2 Å². The molecule has 1 heterocycles. The summed E-state index contributed by atoms with van der Waals surface area (Å²) in [6.45, 7) is 4.78. The Morgan fingerprint density at radius 2 is 2.00 bits per heavy atom. The highest BCUT2D eigenvalue weighted by atomic mass is 32.2. The van der Waals surface area contributed by atoms with Crippen LogP contribution in [-0.2, 0) is 9.84 Å². The molecule has 2 rings (SSSR count). The van der Waals surface area contributed by atoms with Crippen molar-refractivity contribution in [1.82, 2.24) is 10.2 Å². The highest BCUT2D eigenvalue weighted by Gasteiger charge is 2.19. The SMILES string of the molecule is Cc1ccc(C(=O)N2CCCNCC2)cc1S(C)(=O)=O. The molecule has 1 amide bonds. The van der Waals surface area contributed by atoms with Crippen LogP contribution in [0.3, 0.4) is 0 Å². The molecule has 0 unspecified atom stereocenters. The Hall–Kier alpha value is -1.40. The minimum atomic E-state index is -3.31. The molecule has 0 atom stereocenters. The van der Waals surface area contributed by atoms with Crippen LogP contribution >= 0.6 is 0 Å². The van der Waals surface area contributed by atoms with Gasteiger partial charge in [-0.2, -0.15) is 0 Å². The van der Waals surface area contributed by atoms with Gasteiger partial charge in [0.05, 0.1) is 4.90 Å². The first-order valence-electron chi connectivity index (χ1n) is 6.70. The van der Waals surface area contributed by atoms with Crippen molar-refractivity contribution in [1.29, 1.82) is 0 Å². The number of benzene rings is 1. The average molecular weight is 296 g/mol. The zero-order valence-electron chi connectivity index (χ0n) is 11.8. The summed E-state index contributed by atoms with van der Waals surface area (Å²) >= 11 is 0. The van der Waals surface area contributed by atoms with Crippen LogP contribution in [0, 0.1) is 6.92 Å². The summed E-state index contributed by atoms with van der Waals surface area (Å²) in [6.07, 6.45) is 2.08. The molecule has 1 aromatic carbocycles. The third-order valence-electron chi connectivity index (χ3n) is 3.46. The maximum Gasteiger partial charge on any atom is 0.253 e. The van der Waals surface area contributed by atoms with Crippen LogP contribution in [0.15, 0.2) is 23.1 Å². The van der Waals surface area contributed by atoms with E-state index >= 15 is 0 Å². The Kier molecular flexibility index (Phi) is 4.45. The number of amides is 1. The van der Waals surface area contributed by atoms with Gasteiger partial charge >= 0.3 is 0 Å². The lowest BCUT2D eigenvalue weighted by atomic mass is 10.1. The largest absolute Gasteiger partial charge is 0.337 e. The summed E-state index contributed by atoms with van der Waals surface area (Å²) in [5.41, 5.74) is 1.11. The molecule has 1 N–H and O–H groups in total. The fourth-order valence-corrected chi connectivity index (χ4v) is 3.36. The van der Waals surface area contributed by atoms with Crippen LogP contribution in [0.25, 0.3) is 0 Å². The minimum Gasteiger partial charge on any atom is -0.337 e. The fourth-order valence-electron chi connectivity index (χ4n) is 2.36. The van der Waals surface area contributed by atoms with Gasteiger partial charge in [0.25, 0.3) is 5.91 Å². The van der Waals surface area contributed by atoms with E-state index in [0.29, 0.717) is 24.2 Å². The highest BCUT2D eigenvalue weighted by molar-refractivity contribution is 7.90. The van der Waals surface area contributed by atoms with E-state index in [-0.39, 0.29) is 10.8 Å². The monoisotopic (exact) mass is 296 g/mol. The van der Waals surface area contributed by atoms with Crippen molar-refractivity contribution < 1.29 is 13.2 Å². The van der Waals surface area contributed by atoms with E-state index in [4.69, 9.17) is 0 Å². The van der Waals surface area contributed by atoms with E-state index < -0.39 is 9.84 Å². The van der Waals surface area contributed by atoms with Gasteiger partial charge in [0.1, 0.15) is 0 Å². The summed E-state index contributed by atoms with van der Waals surface area (Å²) in [5.74, 6) is -0.0985. The average Bonchev–Trinajstić information content (AvgIpc) is 2.66.